The number of fused-ring (bicyclic) bond motifs is 1. The molecule has 0 aliphatic heterocycles. The highest BCUT2D eigenvalue weighted by Crippen LogP contribution is 2.21. The SMILES string of the molecule is COc1ccc2cc(C#C[Si](C)(C)C)ccc2c1. The maximum absolute atomic E-state index is 5.22. The fourth-order valence-electron chi connectivity index (χ4n) is 1.69. The zero-order valence-corrected chi connectivity index (χ0v) is 12.4. The Morgan fingerprint density at radius 2 is 1.61 bits per heavy atom. The predicted molar refractivity (Wildman–Crippen MR) is 80.7 cm³/mol. The van der Waals surface area contributed by atoms with Gasteiger partial charge in [0.15, 0.2) is 0 Å². The van der Waals surface area contributed by atoms with Crippen LogP contribution < -0.4 is 4.74 Å². The van der Waals surface area contributed by atoms with Crippen LogP contribution in [0.2, 0.25) is 19.6 Å². The first-order valence-corrected chi connectivity index (χ1v) is 9.59. The smallest absolute Gasteiger partial charge is 0.129 e. The molecular weight excluding hydrogens is 236 g/mol. The Morgan fingerprint density at radius 3 is 2.28 bits per heavy atom. The Kier molecular flexibility index (Phi) is 3.45. The fourth-order valence-corrected chi connectivity index (χ4v) is 2.21. The molecule has 2 aromatic rings. The van der Waals surface area contributed by atoms with E-state index in [2.05, 4.69) is 55.4 Å². The first-order valence-electron chi connectivity index (χ1n) is 6.09. The molecule has 1 nitrogen and oxygen atoms in total. The lowest BCUT2D eigenvalue weighted by Crippen LogP contribution is -2.16. The van der Waals surface area contributed by atoms with Crippen LogP contribution in [-0.4, -0.2) is 15.2 Å². The molecule has 0 atom stereocenters. The van der Waals surface area contributed by atoms with E-state index in [0.29, 0.717) is 0 Å². The van der Waals surface area contributed by atoms with Gasteiger partial charge in [-0.05, 0) is 35.0 Å². The largest absolute Gasteiger partial charge is 0.497 e. The molecule has 0 aromatic heterocycles. The topological polar surface area (TPSA) is 9.23 Å². The van der Waals surface area contributed by atoms with Crippen LogP contribution >= 0.6 is 0 Å². The lowest BCUT2D eigenvalue weighted by atomic mass is 10.1. The minimum atomic E-state index is -1.30. The summed E-state index contributed by atoms with van der Waals surface area (Å²) in [5, 5.41) is 2.39. The van der Waals surface area contributed by atoms with Crippen LogP contribution in [0.3, 0.4) is 0 Å². The molecule has 0 fully saturated rings. The normalized spacial score (nSPS) is 10.9. The number of methoxy groups -OCH3 is 1. The predicted octanol–water partition coefficient (Wildman–Crippen LogP) is 4.08. The highest BCUT2D eigenvalue weighted by molar-refractivity contribution is 6.83. The standard InChI is InChI=1S/C16H18OSi/c1-17-16-8-7-14-11-13(5-6-15(14)12-16)9-10-18(2,3)4/h5-8,11-12H,1-4H3. The van der Waals surface area contributed by atoms with Gasteiger partial charge in [0.1, 0.15) is 13.8 Å². The van der Waals surface area contributed by atoms with Crippen molar-refractivity contribution in [2.45, 2.75) is 19.6 Å². The van der Waals surface area contributed by atoms with E-state index in [1.807, 2.05) is 12.1 Å². The summed E-state index contributed by atoms with van der Waals surface area (Å²) in [6, 6.07) is 12.4. The maximum Gasteiger partial charge on any atom is 0.129 e. The number of hydrogen-bond acceptors (Lipinski definition) is 1. The van der Waals surface area contributed by atoms with Gasteiger partial charge in [-0.3, -0.25) is 0 Å². The minimum absolute atomic E-state index is 0.892. The third-order valence-corrected chi connectivity index (χ3v) is 3.50. The van der Waals surface area contributed by atoms with E-state index in [0.717, 1.165) is 11.3 Å². The molecule has 0 N–H and O–H groups in total. The van der Waals surface area contributed by atoms with Crippen molar-refractivity contribution in [1.29, 1.82) is 0 Å². The van der Waals surface area contributed by atoms with Crippen LogP contribution in [0.4, 0.5) is 0 Å². The quantitative estimate of drug-likeness (QED) is 0.550. The summed E-state index contributed by atoms with van der Waals surface area (Å²) >= 11 is 0. The Morgan fingerprint density at radius 1 is 0.944 bits per heavy atom. The van der Waals surface area contributed by atoms with E-state index in [-0.39, 0.29) is 0 Å². The summed E-state index contributed by atoms with van der Waals surface area (Å²) in [6.45, 7) is 6.77. The van der Waals surface area contributed by atoms with E-state index in [9.17, 15) is 0 Å². The third-order valence-electron chi connectivity index (χ3n) is 2.63. The van der Waals surface area contributed by atoms with E-state index in [1.54, 1.807) is 7.11 Å². The first-order chi connectivity index (χ1) is 8.48. The van der Waals surface area contributed by atoms with Gasteiger partial charge < -0.3 is 4.74 Å². The molecule has 18 heavy (non-hydrogen) atoms. The Bertz CT molecular complexity index is 627. The van der Waals surface area contributed by atoms with Gasteiger partial charge in [0.25, 0.3) is 0 Å². The van der Waals surface area contributed by atoms with Gasteiger partial charge in [0.05, 0.1) is 7.11 Å². The summed E-state index contributed by atoms with van der Waals surface area (Å²) < 4.78 is 5.22. The van der Waals surface area contributed by atoms with Crippen LogP contribution in [0.5, 0.6) is 5.75 Å². The number of rotatable bonds is 1. The van der Waals surface area contributed by atoms with Gasteiger partial charge in [0.2, 0.25) is 0 Å². The highest BCUT2D eigenvalue weighted by atomic mass is 28.3. The van der Waals surface area contributed by atoms with Crippen molar-refractivity contribution in [3.05, 3.63) is 42.0 Å². The average Bonchev–Trinajstić information content (AvgIpc) is 2.34. The first kappa shape index (κ1) is 12.7. The van der Waals surface area contributed by atoms with Crippen molar-refractivity contribution in [2.24, 2.45) is 0 Å². The van der Waals surface area contributed by atoms with Crippen LogP contribution in [0.1, 0.15) is 5.56 Å². The van der Waals surface area contributed by atoms with E-state index in [4.69, 9.17) is 4.74 Å². The Hall–Kier alpha value is -1.72. The third kappa shape index (κ3) is 3.15. The molecule has 0 aliphatic carbocycles. The summed E-state index contributed by atoms with van der Waals surface area (Å²) in [4.78, 5) is 0. The Balaban J connectivity index is 2.41. The number of ether oxygens (including phenoxy) is 1. The summed E-state index contributed by atoms with van der Waals surface area (Å²) in [5.41, 5.74) is 4.48. The van der Waals surface area contributed by atoms with Gasteiger partial charge in [0, 0.05) is 5.56 Å². The van der Waals surface area contributed by atoms with E-state index < -0.39 is 8.07 Å². The monoisotopic (exact) mass is 254 g/mol. The van der Waals surface area contributed by atoms with Crippen molar-refractivity contribution < 1.29 is 4.74 Å². The van der Waals surface area contributed by atoms with Gasteiger partial charge in [-0.15, -0.1) is 5.54 Å². The van der Waals surface area contributed by atoms with Crippen LogP contribution in [-0.2, 0) is 0 Å². The molecular formula is C16H18OSi. The molecule has 0 saturated heterocycles. The zero-order chi connectivity index (χ0) is 13.2. The van der Waals surface area contributed by atoms with Crippen molar-refractivity contribution in [3.63, 3.8) is 0 Å². The molecule has 0 bridgehead atoms. The molecule has 0 unspecified atom stereocenters. The van der Waals surface area contributed by atoms with Crippen LogP contribution in [0.25, 0.3) is 10.8 Å². The van der Waals surface area contributed by atoms with Crippen molar-refractivity contribution in [1.82, 2.24) is 0 Å². The van der Waals surface area contributed by atoms with Gasteiger partial charge in [-0.25, -0.2) is 0 Å². The van der Waals surface area contributed by atoms with Crippen molar-refractivity contribution >= 4 is 18.8 Å². The van der Waals surface area contributed by atoms with E-state index >= 15 is 0 Å². The second kappa shape index (κ2) is 4.87. The second-order valence-corrected chi connectivity index (χ2v) is 10.2. The highest BCUT2D eigenvalue weighted by Gasteiger charge is 2.07. The molecule has 0 aliphatic rings. The summed E-state index contributed by atoms with van der Waals surface area (Å²) in [6.07, 6.45) is 0. The molecule has 2 heteroatoms. The fraction of sp³-hybridized carbons (Fsp3) is 0.250. The second-order valence-electron chi connectivity index (χ2n) is 5.43. The minimum Gasteiger partial charge on any atom is -0.497 e. The Labute approximate surface area is 110 Å². The lowest BCUT2D eigenvalue weighted by Gasteiger charge is -2.04. The van der Waals surface area contributed by atoms with Crippen LogP contribution in [0.15, 0.2) is 36.4 Å². The van der Waals surface area contributed by atoms with Gasteiger partial charge in [-0.1, -0.05) is 37.7 Å². The number of hydrogen-bond donors (Lipinski definition) is 0. The zero-order valence-electron chi connectivity index (χ0n) is 11.4. The van der Waals surface area contributed by atoms with Crippen LogP contribution in [0, 0.1) is 11.5 Å². The molecule has 0 radical (unpaired) electrons. The number of benzene rings is 2. The van der Waals surface area contributed by atoms with E-state index in [1.165, 1.54) is 10.8 Å². The lowest BCUT2D eigenvalue weighted by molar-refractivity contribution is 0.415. The van der Waals surface area contributed by atoms with Crippen molar-refractivity contribution in [3.8, 4) is 17.2 Å². The van der Waals surface area contributed by atoms with Gasteiger partial charge in [-0.2, -0.15) is 0 Å². The maximum atomic E-state index is 5.22. The summed E-state index contributed by atoms with van der Waals surface area (Å²) in [5.74, 6) is 4.18. The molecule has 2 rings (SSSR count). The molecule has 0 amide bonds. The average molecular weight is 254 g/mol. The van der Waals surface area contributed by atoms with Gasteiger partial charge >= 0.3 is 0 Å². The van der Waals surface area contributed by atoms with Crippen molar-refractivity contribution in [2.75, 3.05) is 7.11 Å². The molecule has 0 spiro atoms. The molecule has 2 aromatic carbocycles. The molecule has 92 valence electrons. The summed E-state index contributed by atoms with van der Waals surface area (Å²) in [7, 11) is 0.386. The molecule has 0 heterocycles. The molecule has 0 saturated carbocycles.